The maximum Gasteiger partial charge on any atom is 0.335 e. The number of carbonyl (C=O) groups is 1. The van der Waals surface area contributed by atoms with Crippen molar-refractivity contribution < 1.29 is 18.7 Å². The first kappa shape index (κ1) is 12.7. The van der Waals surface area contributed by atoms with Crippen LogP contribution in [-0.4, -0.2) is 11.1 Å². The summed E-state index contributed by atoms with van der Waals surface area (Å²) in [4.78, 5) is 10.7. The third-order valence-corrected chi connectivity index (χ3v) is 3.71. The molecule has 1 heterocycles. The maximum absolute atomic E-state index is 14.2. The molecule has 0 radical (unpaired) electrons. The lowest BCUT2D eigenvalue weighted by Gasteiger charge is -2.16. The van der Waals surface area contributed by atoms with Gasteiger partial charge in [-0.05, 0) is 36.1 Å². The van der Waals surface area contributed by atoms with E-state index < -0.39 is 11.9 Å². The van der Waals surface area contributed by atoms with Crippen molar-refractivity contribution in [2.75, 3.05) is 0 Å². The molecule has 0 saturated carbocycles. The minimum absolute atomic E-state index is 0.0509. The number of aromatic carboxylic acids is 1. The Morgan fingerprint density at radius 3 is 2.61 bits per heavy atom. The van der Waals surface area contributed by atoms with Gasteiger partial charge in [-0.3, -0.25) is 0 Å². The number of rotatable bonds is 3. The zero-order valence-corrected chi connectivity index (χ0v) is 10.3. The summed E-state index contributed by atoms with van der Waals surface area (Å²) in [6.45, 7) is 1.61. The first-order valence-corrected chi connectivity index (χ1v) is 6.07. The van der Waals surface area contributed by atoms with E-state index >= 15 is 0 Å². The minimum atomic E-state index is -3.16. The van der Waals surface area contributed by atoms with Crippen LogP contribution in [0.1, 0.15) is 26.4 Å². The van der Waals surface area contributed by atoms with Crippen molar-refractivity contribution in [3.05, 3.63) is 57.3 Å². The number of aryl methyl sites for hydroxylation is 1. The predicted molar refractivity (Wildman–Crippen MR) is 65.5 cm³/mol. The summed E-state index contributed by atoms with van der Waals surface area (Å²) in [5, 5.41) is 10.4. The molecule has 1 aromatic carbocycles. The van der Waals surface area contributed by atoms with Crippen molar-refractivity contribution in [3.8, 4) is 0 Å². The lowest BCUT2D eigenvalue weighted by Crippen LogP contribution is -2.15. The summed E-state index contributed by atoms with van der Waals surface area (Å²) in [5.41, 5.74) is 0.0695. The number of benzene rings is 1. The van der Waals surface area contributed by atoms with Gasteiger partial charge >= 0.3 is 11.9 Å². The Morgan fingerprint density at radius 1 is 1.33 bits per heavy atom. The number of carboxylic acids is 1. The quantitative estimate of drug-likeness (QED) is 0.916. The Balaban J connectivity index is 2.51. The van der Waals surface area contributed by atoms with E-state index in [1.807, 2.05) is 0 Å². The van der Waals surface area contributed by atoms with E-state index in [0.29, 0.717) is 5.56 Å². The number of hydrogen-bond donors (Lipinski definition) is 1. The second-order valence-corrected chi connectivity index (χ2v) is 4.81. The largest absolute Gasteiger partial charge is 0.478 e. The topological polar surface area (TPSA) is 37.3 Å². The van der Waals surface area contributed by atoms with E-state index in [-0.39, 0.29) is 16.0 Å². The molecule has 94 valence electrons. The molecule has 0 fully saturated rings. The van der Waals surface area contributed by atoms with Crippen molar-refractivity contribution in [1.29, 1.82) is 0 Å². The minimum Gasteiger partial charge on any atom is -0.478 e. The molecule has 0 amide bonds. The number of hydrogen-bond acceptors (Lipinski definition) is 2. The van der Waals surface area contributed by atoms with Crippen molar-refractivity contribution in [1.82, 2.24) is 0 Å². The van der Waals surface area contributed by atoms with Crippen molar-refractivity contribution in [3.63, 3.8) is 0 Å². The number of carboxylic acid groups (broad SMARTS) is 1. The summed E-state index contributed by atoms with van der Waals surface area (Å²) >= 11 is 0.968. The van der Waals surface area contributed by atoms with E-state index in [2.05, 4.69) is 0 Å². The molecule has 0 atom stereocenters. The van der Waals surface area contributed by atoms with Gasteiger partial charge in [-0.1, -0.05) is 12.1 Å². The van der Waals surface area contributed by atoms with E-state index in [1.54, 1.807) is 18.4 Å². The zero-order chi connectivity index (χ0) is 13.3. The smallest absolute Gasteiger partial charge is 0.335 e. The van der Waals surface area contributed by atoms with Crippen LogP contribution in [0.5, 0.6) is 0 Å². The number of thiophene rings is 1. The van der Waals surface area contributed by atoms with Gasteiger partial charge in [-0.25, -0.2) is 4.79 Å². The molecule has 0 unspecified atom stereocenters. The van der Waals surface area contributed by atoms with Crippen LogP contribution < -0.4 is 0 Å². The van der Waals surface area contributed by atoms with Crippen LogP contribution in [-0.2, 0) is 5.92 Å². The highest BCUT2D eigenvalue weighted by Gasteiger charge is 2.37. The summed E-state index contributed by atoms with van der Waals surface area (Å²) in [6, 6.07) is 6.50. The van der Waals surface area contributed by atoms with Crippen molar-refractivity contribution in [2.45, 2.75) is 12.8 Å². The standard InChI is InChI=1S/C13H10F2O2S/c1-8-5-6-18-11(8)13(14,15)10-4-2-3-9(7-10)12(16)17/h2-7H,1H3,(H,16,17). The predicted octanol–water partition coefficient (Wildman–Crippen LogP) is 3.89. The highest BCUT2D eigenvalue weighted by molar-refractivity contribution is 7.10. The molecule has 2 aromatic rings. The van der Waals surface area contributed by atoms with Gasteiger partial charge in [0.05, 0.1) is 10.4 Å². The fourth-order valence-electron chi connectivity index (χ4n) is 1.67. The van der Waals surface area contributed by atoms with Gasteiger partial charge in [0.25, 0.3) is 0 Å². The number of alkyl halides is 2. The molecular formula is C13H10F2O2S. The fraction of sp³-hybridized carbons (Fsp3) is 0.154. The van der Waals surface area contributed by atoms with Crippen molar-refractivity contribution in [2.24, 2.45) is 0 Å². The van der Waals surface area contributed by atoms with Crippen LogP contribution in [0.25, 0.3) is 0 Å². The Hall–Kier alpha value is -1.75. The molecule has 0 aliphatic rings. The molecule has 1 N–H and O–H groups in total. The Bertz CT molecular complexity index is 590. The zero-order valence-electron chi connectivity index (χ0n) is 9.48. The first-order chi connectivity index (χ1) is 8.43. The molecule has 0 aliphatic heterocycles. The molecule has 1 aromatic heterocycles. The van der Waals surface area contributed by atoms with Gasteiger partial charge in [0, 0.05) is 5.56 Å². The van der Waals surface area contributed by atoms with Crippen LogP contribution in [0.4, 0.5) is 8.78 Å². The van der Waals surface area contributed by atoms with E-state index in [9.17, 15) is 13.6 Å². The SMILES string of the molecule is Cc1ccsc1C(F)(F)c1cccc(C(=O)O)c1. The number of halogens is 2. The molecule has 0 spiro atoms. The maximum atomic E-state index is 14.2. The Labute approximate surface area is 107 Å². The summed E-state index contributed by atoms with van der Waals surface area (Å²) in [5.74, 6) is -4.38. The Morgan fingerprint density at radius 2 is 2.06 bits per heavy atom. The molecular weight excluding hydrogens is 258 g/mol. The van der Waals surface area contributed by atoms with Gasteiger partial charge in [0.15, 0.2) is 0 Å². The second-order valence-electron chi connectivity index (χ2n) is 3.89. The highest BCUT2D eigenvalue weighted by Crippen LogP contribution is 2.40. The van der Waals surface area contributed by atoms with Crippen LogP contribution >= 0.6 is 11.3 Å². The molecule has 0 bridgehead atoms. The highest BCUT2D eigenvalue weighted by atomic mass is 32.1. The van der Waals surface area contributed by atoms with Gasteiger partial charge in [0.2, 0.25) is 0 Å². The third-order valence-electron chi connectivity index (χ3n) is 2.62. The van der Waals surface area contributed by atoms with Gasteiger partial charge in [-0.2, -0.15) is 8.78 Å². The van der Waals surface area contributed by atoms with Crippen LogP contribution in [0.15, 0.2) is 35.7 Å². The third kappa shape index (κ3) is 2.13. The summed E-state index contributed by atoms with van der Waals surface area (Å²) in [6.07, 6.45) is 0. The van der Waals surface area contributed by atoms with E-state index in [1.165, 1.54) is 18.2 Å². The van der Waals surface area contributed by atoms with Crippen LogP contribution in [0, 0.1) is 6.92 Å². The molecule has 2 rings (SSSR count). The van der Waals surface area contributed by atoms with Crippen molar-refractivity contribution >= 4 is 17.3 Å². The normalized spacial score (nSPS) is 11.5. The summed E-state index contributed by atoms with van der Waals surface area (Å²) in [7, 11) is 0. The van der Waals surface area contributed by atoms with Gasteiger partial charge in [-0.15, -0.1) is 11.3 Å². The average molecular weight is 268 g/mol. The summed E-state index contributed by atoms with van der Waals surface area (Å²) < 4.78 is 28.5. The fourth-order valence-corrected chi connectivity index (χ4v) is 2.60. The molecule has 5 heteroatoms. The lowest BCUT2D eigenvalue weighted by molar-refractivity contribution is 0.0462. The first-order valence-electron chi connectivity index (χ1n) is 5.19. The molecule has 0 saturated heterocycles. The second kappa shape index (κ2) is 4.49. The molecule has 0 aliphatic carbocycles. The molecule has 18 heavy (non-hydrogen) atoms. The Kier molecular flexibility index (Phi) is 3.17. The average Bonchev–Trinajstić information content (AvgIpc) is 2.76. The monoisotopic (exact) mass is 268 g/mol. The lowest BCUT2D eigenvalue weighted by atomic mass is 10.0. The van der Waals surface area contributed by atoms with Gasteiger partial charge < -0.3 is 5.11 Å². The van der Waals surface area contributed by atoms with Crippen LogP contribution in [0.3, 0.4) is 0 Å². The van der Waals surface area contributed by atoms with E-state index in [4.69, 9.17) is 5.11 Å². The van der Waals surface area contributed by atoms with Gasteiger partial charge in [0.1, 0.15) is 0 Å². The van der Waals surface area contributed by atoms with Crippen LogP contribution in [0.2, 0.25) is 0 Å². The molecule has 2 nitrogen and oxygen atoms in total. The van der Waals surface area contributed by atoms with E-state index in [0.717, 1.165) is 17.4 Å².